The monoisotopic (exact) mass is 674 g/mol. The van der Waals surface area contributed by atoms with Gasteiger partial charge in [-0.1, -0.05) is 164 Å². The van der Waals surface area contributed by atoms with Crippen LogP contribution < -0.4 is 0 Å². The summed E-state index contributed by atoms with van der Waals surface area (Å²) in [7, 11) is 0. The fraction of sp³-hybridized carbons (Fsp3) is 0.0196. The molecule has 0 radical (unpaired) electrons. The third-order valence-electron chi connectivity index (χ3n) is 11.4. The summed E-state index contributed by atoms with van der Waals surface area (Å²) in [6.45, 7) is 0. The summed E-state index contributed by atoms with van der Waals surface area (Å²) in [5.74, 6) is 0. The number of benzene rings is 9. The van der Waals surface area contributed by atoms with Crippen LogP contribution in [0, 0.1) is 0 Å². The van der Waals surface area contributed by atoms with Gasteiger partial charge in [-0.3, -0.25) is 0 Å². The van der Waals surface area contributed by atoms with E-state index in [1.54, 1.807) is 0 Å². The minimum atomic E-state index is -0.507. The van der Waals surface area contributed by atoms with Gasteiger partial charge in [0.15, 0.2) is 0 Å². The number of aromatic nitrogens is 2. The van der Waals surface area contributed by atoms with E-state index in [0.717, 1.165) is 11.4 Å². The third kappa shape index (κ3) is 4.21. The number of hydrogen-bond acceptors (Lipinski definition) is 0. The van der Waals surface area contributed by atoms with E-state index in [2.05, 4.69) is 215 Å². The molecule has 2 aromatic heterocycles. The maximum Gasteiger partial charge on any atom is 0.0701 e. The molecule has 0 fully saturated rings. The van der Waals surface area contributed by atoms with E-state index < -0.39 is 5.41 Å². The second kappa shape index (κ2) is 11.6. The van der Waals surface area contributed by atoms with E-state index in [-0.39, 0.29) is 0 Å². The van der Waals surface area contributed by atoms with Gasteiger partial charge < -0.3 is 9.13 Å². The molecule has 0 aliphatic heterocycles. The molecule has 0 spiro atoms. The molecule has 53 heavy (non-hydrogen) atoms. The van der Waals surface area contributed by atoms with Crippen LogP contribution in [-0.4, -0.2) is 9.13 Å². The molecule has 0 aliphatic carbocycles. The number of nitrogens with zero attached hydrogens (tertiary/aromatic N) is 2. The highest BCUT2D eigenvalue weighted by Crippen LogP contribution is 2.48. The molecule has 11 rings (SSSR count). The van der Waals surface area contributed by atoms with Gasteiger partial charge in [-0.15, -0.1) is 0 Å². The minimum Gasteiger partial charge on any atom is -0.309 e. The highest BCUT2D eigenvalue weighted by Gasteiger charge is 2.38. The lowest BCUT2D eigenvalue weighted by Crippen LogP contribution is -2.30. The number of fused-ring (bicyclic) bond motifs is 4. The molecular weight excluding hydrogens is 641 g/mol. The van der Waals surface area contributed by atoms with Crippen molar-refractivity contribution in [2.75, 3.05) is 0 Å². The Hall–Kier alpha value is -6.90. The lowest BCUT2D eigenvalue weighted by molar-refractivity contribution is 0.745. The Balaban J connectivity index is 1.24. The molecule has 0 unspecified atom stereocenters. The van der Waals surface area contributed by atoms with Crippen molar-refractivity contribution in [2.45, 2.75) is 5.41 Å². The molecule has 0 amide bonds. The highest BCUT2D eigenvalue weighted by atomic mass is 15.0. The van der Waals surface area contributed by atoms with Gasteiger partial charge in [-0.25, -0.2) is 0 Å². The molecular formula is C51H34N2. The first-order valence-corrected chi connectivity index (χ1v) is 18.4. The summed E-state index contributed by atoms with van der Waals surface area (Å²) < 4.78 is 4.96. The van der Waals surface area contributed by atoms with Gasteiger partial charge in [0.05, 0.1) is 27.5 Å². The Morgan fingerprint density at radius 2 is 0.811 bits per heavy atom. The summed E-state index contributed by atoms with van der Waals surface area (Å²) in [4.78, 5) is 0. The van der Waals surface area contributed by atoms with Crippen LogP contribution >= 0.6 is 0 Å². The Morgan fingerprint density at radius 3 is 1.45 bits per heavy atom. The van der Waals surface area contributed by atoms with Crippen molar-refractivity contribution in [1.82, 2.24) is 9.13 Å². The van der Waals surface area contributed by atoms with Crippen LogP contribution in [0.5, 0.6) is 0 Å². The average Bonchev–Trinajstić information content (AvgIpc) is 3.76. The van der Waals surface area contributed by atoms with Crippen LogP contribution in [0.1, 0.15) is 22.3 Å². The van der Waals surface area contributed by atoms with E-state index in [4.69, 9.17) is 0 Å². The molecule has 9 aromatic carbocycles. The van der Waals surface area contributed by atoms with Gasteiger partial charge in [0.1, 0.15) is 0 Å². The van der Waals surface area contributed by atoms with Crippen molar-refractivity contribution in [1.29, 1.82) is 0 Å². The lowest BCUT2D eigenvalue weighted by atomic mass is 9.65. The van der Waals surface area contributed by atoms with Crippen LogP contribution in [0.3, 0.4) is 0 Å². The summed E-state index contributed by atoms with van der Waals surface area (Å²) in [5, 5.41) is 7.68. The molecule has 2 nitrogen and oxygen atoms in total. The van der Waals surface area contributed by atoms with Crippen molar-refractivity contribution < 1.29 is 0 Å². The molecule has 2 heteroatoms. The van der Waals surface area contributed by atoms with E-state index in [1.165, 1.54) is 76.6 Å². The Labute approximate surface area is 307 Å². The zero-order valence-corrected chi connectivity index (χ0v) is 29.0. The predicted octanol–water partition coefficient (Wildman–Crippen LogP) is 12.9. The van der Waals surface area contributed by atoms with Crippen molar-refractivity contribution in [2.24, 2.45) is 0 Å². The van der Waals surface area contributed by atoms with Crippen LogP contribution in [0.2, 0.25) is 0 Å². The summed E-state index contributed by atoms with van der Waals surface area (Å²) in [5.41, 5.74) is 11.6. The molecule has 0 saturated heterocycles. The van der Waals surface area contributed by atoms with Gasteiger partial charge in [0.25, 0.3) is 0 Å². The fourth-order valence-corrected chi connectivity index (χ4v) is 9.25. The Kier molecular flexibility index (Phi) is 6.50. The first-order chi connectivity index (χ1) is 26.3. The molecule has 0 atom stereocenters. The number of para-hydroxylation sites is 2. The Bertz CT molecular complexity index is 2970. The maximum absolute atomic E-state index is 2.52. The van der Waals surface area contributed by atoms with Crippen LogP contribution in [0.25, 0.3) is 65.8 Å². The van der Waals surface area contributed by atoms with Crippen molar-refractivity contribution in [3.05, 3.63) is 229 Å². The minimum absolute atomic E-state index is 0.507. The molecule has 0 N–H and O–H groups in total. The first-order valence-electron chi connectivity index (χ1n) is 18.4. The smallest absolute Gasteiger partial charge is 0.0701 e. The van der Waals surface area contributed by atoms with Crippen molar-refractivity contribution in [3.63, 3.8) is 0 Å². The summed E-state index contributed by atoms with van der Waals surface area (Å²) in [6.07, 6.45) is 0. The van der Waals surface area contributed by atoms with Crippen LogP contribution in [0.4, 0.5) is 0 Å². The fourth-order valence-electron chi connectivity index (χ4n) is 9.25. The summed E-state index contributed by atoms with van der Waals surface area (Å²) >= 11 is 0. The van der Waals surface area contributed by atoms with Crippen molar-refractivity contribution >= 4 is 54.4 Å². The molecule has 0 saturated carbocycles. The largest absolute Gasteiger partial charge is 0.309 e. The summed E-state index contributed by atoms with van der Waals surface area (Å²) in [6, 6.07) is 75.6. The van der Waals surface area contributed by atoms with Gasteiger partial charge in [0.2, 0.25) is 0 Å². The van der Waals surface area contributed by atoms with E-state index >= 15 is 0 Å². The standard InChI is InChI=1S/C51H34N2/c1-5-17-37(18-6-1)51(38-19-7-2-8-20-38,39-21-9-3-10-22-39)40-30-32-42(33-31-40)53-45-27-15-16-35-28-29-36-34-46-49(50(53)48(36)47(35)45)43-25-13-14-26-44(43)52(46)41-23-11-4-12-24-41/h1-34H. The first kappa shape index (κ1) is 29.8. The van der Waals surface area contributed by atoms with Gasteiger partial charge in [-0.05, 0) is 75.5 Å². The van der Waals surface area contributed by atoms with Gasteiger partial charge in [-0.2, -0.15) is 0 Å². The zero-order valence-electron chi connectivity index (χ0n) is 29.0. The molecule has 0 aliphatic rings. The van der Waals surface area contributed by atoms with Crippen molar-refractivity contribution in [3.8, 4) is 11.4 Å². The molecule has 2 heterocycles. The Morgan fingerprint density at radius 1 is 0.302 bits per heavy atom. The average molecular weight is 675 g/mol. The zero-order chi connectivity index (χ0) is 34.9. The molecule has 11 aromatic rings. The van der Waals surface area contributed by atoms with Gasteiger partial charge >= 0.3 is 0 Å². The normalized spacial score (nSPS) is 12.2. The number of hydrogen-bond donors (Lipinski definition) is 0. The third-order valence-corrected chi connectivity index (χ3v) is 11.4. The van der Waals surface area contributed by atoms with E-state index in [1.807, 2.05) is 0 Å². The van der Waals surface area contributed by atoms with Crippen LogP contribution in [0.15, 0.2) is 206 Å². The van der Waals surface area contributed by atoms with E-state index in [0.29, 0.717) is 0 Å². The molecule has 248 valence electrons. The quantitative estimate of drug-likeness (QED) is 0.123. The number of rotatable bonds is 6. The molecule has 0 bridgehead atoms. The topological polar surface area (TPSA) is 9.86 Å². The second-order valence-electron chi connectivity index (χ2n) is 14.1. The predicted molar refractivity (Wildman–Crippen MR) is 222 cm³/mol. The van der Waals surface area contributed by atoms with Crippen LogP contribution in [-0.2, 0) is 5.41 Å². The highest BCUT2D eigenvalue weighted by molar-refractivity contribution is 6.33. The SMILES string of the molecule is c1ccc(-n2c3ccccc3c3c2cc2ccc4cccc5c4c2c3n5-c2ccc(C(c3ccccc3)(c3ccccc3)c3ccccc3)cc2)cc1. The maximum atomic E-state index is 2.52. The second-order valence-corrected chi connectivity index (χ2v) is 14.1. The van der Waals surface area contributed by atoms with E-state index in [9.17, 15) is 0 Å². The lowest BCUT2D eigenvalue weighted by Gasteiger charge is -2.37. The van der Waals surface area contributed by atoms with Gasteiger partial charge in [0, 0.05) is 32.9 Å².